The maximum Gasteiger partial charge on any atom is 0.0620 e. The molecule has 0 aromatic heterocycles. The maximum atomic E-state index is 5.33. The average Bonchev–Trinajstić information content (AvgIpc) is 1.85. The van der Waals surface area contributed by atoms with Gasteiger partial charge in [-0.15, -0.1) is 0 Å². The van der Waals surface area contributed by atoms with Gasteiger partial charge in [0.15, 0.2) is 0 Å². The summed E-state index contributed by atoms with van der Waals surface area (Å²) in [4.78, 5) is 0. The van der Waals surface area contributed by atoms with Crippen LogP contribution in [0.5, 0.6) is 0 Å². The predicted molar refractivity (Wildman–Crippen MR) is 50.3 cm³/mol. The van der Waals surface area contributed by atoms with Gasteiger partial charge in [0.25, 0.3) is 0 Å². The number of rotatable bonds is 2. The molecule has 0 radical (unpaired) electrons. The van der Waals surface area contributed by atoms with Gasteiger partial charge in [0.05, 0.1) is 13.2 Å². The third-order valence-corrected chi connectivity index (χ3v) is 1.93. The van der Waals surface area contributed by atoms with Crippen molar-refractivity contribution in [2.45, 2.75) is 31.1 Å². The normalized spacial score (nSPS) is 27.0. The van der Waals surface area contributed by atoms with E-state index >= 15 is 0 Å². The number of morpholine rings is 1. The molecule has 0 amide bonds. The molecule has 1 rings (SSSR count). The topological polar surface area (TPSA) is 21.3 Å². The van der Waals surface area contributed by atoms with Gasteiger partial charge >= 0.3 is 0 Å². The van der Waals surface area contributed by atoms with Crippen molar-refractivity contribution in [3.05, 3.63) is 0 Å². The Morgan fingerprint density at radius 2 is 2.36 bits per heavy atom. The third-order valence-electron chi connectivity index (χ3n) is 1.74. The molecule has 0 aromatic rings. The van der Waals surface area contributed by atoms with Crippen molar-refractivity contribution < 1.29 is 4.74 Å². The monoisotopic (exact) mass is 175 g/mol. The van der Waals surface area contributed by atoms with Crippen LogP contribution in [-0.4, -0.2) is 30.5 Å². The molecule has 0 aliphatic carbocycles. The first kappa shape index (κ1) is 9.36. The summed E-state index contributed by atoms with van der Waals surface area (Å²) in [7, 11) is 0. The van der Waals surface area contributed by atoms with Crippen molar-refractivity contribution in [2.24, 2.45) is 0 Å². The highest BCUT2D eigenvalue weighted by molar-refractivity contribution is 7.81. The summed E-state index contributed by atoms with van der Waals surface area (Å²) in [6.45, 7) is 6.93. The molecule has 1 aliphatic rings. The second-order valence-electron chi connectivity index (χ2n) is 3.74. The highest BCUT2D eigenvalue weighted by atomic mass is 32.1. The highest BCUT2D eigenvalue weighted by Gasteiger charge is 2.20. The molecule has 1 aliphatic heterocycles. The second kappa shape index (κ2) is 3.78. The van der Waals surface area contributed by atoms with Crippen LogP contribution < -0.4 is 5.32 Å². The van der Waals surface area contributed by atoms with Gasteiger partial charge in [0.2, 0.25) is 0 Å². The largest absolute Gasteiger partial charge is 0.379 e. The van der Waals surface area contributed by atoms with E-state index in [1.807, 2.05) is 0 Å². The fourth-order valence-corrected chi connectivity index (χ4v) is 1.57. The molecule has 0 spiro atoms. The lowest BCUT2D eigenvalue weighted by atomic mass is 10.0. The van der Waals surface area contributed by atoms with Crippen molar-refractivity contribution in [2.75, 3.05) is 19.8 Å². The summed E-state index contributed by atoms with van der Waals surface area (Å²) in [5, 5.41) is 3.40. The van der Waals surface area contributed by atoms with Crippen LogP contribution in [0.15, 0.2) is 0 Å². The second-order valence-corrected chi connectivity index (χ2v) is 4.95. The zero-order valence-corrected chi connectivity index (χ0v) is 8.16. The number of hydrogen-bond donors (Lipinski definition) is 2. The van der Waals surface area contributed by atoms with E-state index in [4.69, 9.17) is 4.74 Å². The number of thiol groups is 1. The summed E-state index contributed by atoms with van der Waals surface area (Å²) in [6, 6.07) is 0.497. The Morgan fingerprint density at radius 3 is 2.82 bits per heavy atom. The van der Waals surface area contributed by atoms with Crippen molar-refractivity contribution in [1.82, 2.24) is 5.32 Å². The van der Waals surface area contributed by atoms with E-state index in [-0.39, 0.29) is 4.75 Å². The van der Waals surface area contributed by atoms with E-state index in [9.17, 15) is 0 Å². The van der Waals surface area contributed by atoms with Gasteiger partial charge in [-0.25, -0.2) is 0 Å². The molecule has 1 heterocycles. The highest BCUT2D eigenvalue weighted by Crippen LogP contribution is 2.19. The van der Waals surface area contributed by atoms with Crippen LogP contribution in [0.4, 0.5) is 0 Å². The van der Waals surface area contributed by atoms with Crippen molar-refractivity contribution >= 4 is 12.6 Å². The Hall–Kier alpha value is 0.270. The summed E-state index contributed by atoms with van der Waals surface area (Å²) in [5.41, 5.74) is 0. The summed E-state index contributed by atoms with van der Waals surface area (Å²) in [6.07, 6.45) is 1.07. The maximum absolute atomic E-state index is 5.33. The predicted octanol–water partition coefficient (Wildman–Crippen LogP) is 1.07. The molecule has 0 aromatic carbocycles. The smallest absolute Gasteiger partial charge is 0.0620 e. The van der Waals surface area contributed by atoms with Crippen molar-refractivity contribution in [1.29, 1.82) is 0 Å². The summed E-state index contributed by atoms with van der Waals surface area (Å²) in [5.74, 6) is 0. The Balaban J connectivity index is 2.24. The first-order valence-corrected chi connectivity index (χ1v) is 4.56. The third kappa shape index (κ3) is 3.99. The van der Waals surface area contributed by atoms with Crippen LogP contribution in [-0.2, 0) is 4.74 Å². The molecule has 1 saturated heterocycles. The lowest BCUT2D eigenvalue weighted by Gasteiger charge is -2.29. The van der Waals surface area contributed by atoms with Gasteiger partial charge in [-0.1, -0.05) is 13.8 Å². The lowest BCUT2D eigenvalue weighted by Crippen LogP contribution is -2.44. The molecule has 0 bridgehead atoms. The fourth-order valence-electron chi connectivity index (χ4n) is 1.35. The van der Waals surface area contributed by atoms with Crippen LogP contribution in [0.2, 0.25) is 0 Å². The number of nitrogens with one attached hydrogen (secondary N) is 1. The Labute approximate surface area is 74.1 Å². The van der Waals surface area contributed by atoms with Gasteiger partial charge in [0, 0.05) is 17.3 Å². The molecule has 3 heteroatoms. The first-order valence-electron chi connectivity index (χ1n) is 4.11. The van der Waals surface area contributed by atoms with Crippen LogP contribution >= 0.6 is 12.6 Å². The average molecular weight is 175 g/mol. The number of hydrogen-bond acceptors (Lipinski definition) is 3. The zero-order chi connectivity index (χ0) is 8.32. The van der Waals surface area contributed by atoms with Crippen LogP contribution in [0.3, 0.4) is 0 Å². The van der Waals surface area contributed by atoms with Crippen LogP contribution in [0.25, 0.3) is 0 Å². The zero-order valence-electron chi connectivity index (χ0n) is 7.26. The van der Waals surface area contributed by atoms with Gasteiger partial charge in [0.1, 0.15) is 0 Å². The molecule has 1 fully saturated rings. The van der Waals surface area contributed by atoms with Gasteiger partial charge in [-0.05, 0) is 6.42 Å². The van der Waals surface area contributed by atoms with E-state index in [0.717, 1.165) is 26.2 Å². The SMILES string of the molecule is CC(C)(S)CC1COCCN1. The number of ether oxygens (including phenoxy) is 1. The Kier molecular flexibility index (Phi) is 3.22. The standard InChI is InChI=1S/C8H17NOS/c1-8(2,11)5-7-6-10-4-3-9-7/h7,9,11H,3-6H2,1-2H3. The van der Waals surface area contributed by atoms with Crippen molar-refractivity contribution in [3.63, 3.8) is 0 Å². The van der Waals surface area contributed by atoms with Crippen molar-refractivity contribution in [3.8, 4) is 0 Å². The minimum absolute atomic E-state index is 0.109. The van der Waals surface area contributed by atoms with Gasteiger partial charge in [-0.3, -0.25) is 0 Å². The van der Waals surface area contributed by atoms with Gasteiger partial charge < -0.3 is 10.1 Å². The van der Waals surface area contributed by atoms with Crippen LogP contribution in [0.1, 0.15) is 20.3 Å². The molecular formula is C8H17NOS. The molecule has 1 unspecified atom stereocenters. The summed E-state index contributed by atoms with van der Waals surface area (Å²) < 4.78 is 5.44. The molecule has 0 saturated carbocycles. The van der Waals surface area contributed by atoms with E-state index in [0.29, 0.717) is 6.04 Å². The quantitative estimate of drug-likeness (QED) is 0.613. The molecule has 66 valence electrons. The minimum atomic E-state index is 0.109. The lowest BCUT2D eigenvalue weighted by molar-refractivity contribution is 0.0718. The molecule has 1 atom stereocenters. The van der Waals surface area contributed by atoms with E-state index in [2.05, 4.69) is 31.8 Å². The van der Waals surface area contributed by atoms with E-state index in [1.165, 1.54) is 0 Å². The van der Waals surface area contributed by atoms with E-state index in [1.54, 1.807) is 0 Å². The van der Waals surface area contributed by atoms with E-state index < -0.39 is 0 Å². The molecule has 2 nitrogen and oxygen atoms in total. The first-order chi connectivity index (χ1) is 5.08. The molecular weight excluding hydrogens is 158 g/mol. The van der Waals surface area contributed by atoms with Gasteiger partial charge in [-0.2, -0.15) is 12.6 Å². The Bertz CT molecular complexity index is 116. The Morgan fingerprint density at radius 1 is 1.64 bits per heavy atom. The van der Waals surface area contributed by atoms with Crippen LogP contribution in [0, 0.1) is 0 Å². The minimum Gasteiger partial charge on any atom is -0.379 e. The fraction of sp³-hybridized carbons (Fsp3) is 1.00. The molecule has 11 heavy (non-hydrogen) atoms. The summed E-state index contributed by atoms with van der Waals surface area (Å²) >= 11 is 4.47. The molecule has 1 N–H and O–H groups in total.